The Morgan fingerprint density at radius 1 is 1.26 bits per heavy atom. The summed E-state index contributed by atoms with van der Waals surface area (Å²) in [6.07, 6.45) is 8.21. The molecule has 3 aromatic rings. The lowest BCUT2D eigenvalue weighted by atomic mass is 9.90. The molecule has 0 aliphatic heterocycles. The largest absolute Gasteiger partial charge is 0.488 e. The average molecular weight is 580 g/mol. The second kappa shape index (κ2) is 10.2. The number of fused-ring (bicyclic) bond motifs is 1. The van der Waals surface area contributed by atoms with E-state index in [9.17, 15) is 18.4 Å². The third kappa shape index (κ3) is 5.93. The Morgan fingerprint density at radius 3 is 2.77 bits per heavy atom. The van der Waals surface area contributed by atoms with Gasteiger partial charge in [0.15, 0.2) is 0 Å². The van der Waals surface area contributed by atoms with Gasteiger partial charge in [-0.1, -0.05) is 0 Å². The van der Waals surface area contributed by atoms with E-state index in [2.05, 4.69) is 30.7 Å². The van der Waals surface area contributed by atoms with Gasteiger partial charge in [-0.2, -0.15) is 0 Å². The van der Waals surface area contributed by atoms with E-state index in [1.807, 2.05) is 4.57 Å². The summed E-state index contributed by atoms with van der Waals surface area (Å²) in [5, 5.41) is 18.3. The zero-order valence-electron chi connectivity index (χ0n) is 21.3. The molecular formula is C25H28ClF2N7O3S. The van der Waals surface area contributed by atoms with E-state index < -0.39 is 5.57 Å². The van der Waals surface area contributed by atoms with E-state index in [1.54, 1.807) is 24.7 Å². The number of thiophene rings is 1. The molecule has 0 spiro atoms. The van der Waals surface area contributed by atoms with E-state index in [-0.39, 0.29) is 29.5 Å². The number of amides is 1. The van der Waals surface area contributed by atoms with Crippen molar-refractivity contribution in [3.05, 3.63) is 33.3 Å². The predicted octanol–water partition coefficient (Wildman–Crippen LogP) is 4.38. The van der Waals surface area contributed by atoms with Gasteiger partial charge in [-0.3, -0.25) is 14.2 Å². The molecule has 3 aliphatic rings. The molecule has 0 aromatic carbocycles. The maximum atomic E-state index is 13.4. The van der Waals surface area contributed by atoms with E-state index >= 15 is 0 Å². The van der Waals surface area contributed by atoms with Gasteiger partial charge < -0.3 is 15.4 Å². The van der Waals surface area contributed by atoms with Gasteiger partial charge in [-0.25, -0.2) is 4.68 Å². The van der Waals surface area contributed by atoms with Crippen LogP contribution in [0.2, 0.25) is 0 Å². The van der Waals surface area contributed by atoms with Crippen LogP contribution in [0.5, 0.6) is 5.88 Å². The molecule has 0 unspecified atom stereocenters. The van der Waals surface area contributed by atoms with Gasteiger partial charge in [0.1, 0.15) is 17.9 Å². The first-order valence-corrected chi connectivity index (χ1v) is 14.2. The quantitative estimate of drug-likeness (QED) is 0.324. The van der Waals surface area contributed by atoms with Crippen LogP contribution in [-0.4, -0.2) is 48.3 Å². The lowest BCUT2D eigenvalue weighted by Crippen LogP contribution is -2.28. The number of Topliss-reactive ketones (excluding diaryl/α,β-unsaturated/α-hetero) is 1. The first-order chi connectivity index (χ1) is 18.6. The fourth-order valence-electron chi connectivity index (χ4n) is 5.04. The summed E-state index contributed by atoms with van der Waals surface area (Å²) < 4.78 is 33.7. The van der Waals surface area contributed by atoms with Crippen molar-refractivity contribution in [1.29, 1.82) is 0 Å². The summed E-state index contributed by atoms with van der Waals surface area (Å²) in [5.74, 6) is 1.22. The van der Waals surface area contributed by atoms with Gasteiger partial charge >= 0.3 is 5.57 Å². The number of nitrogens with zero attached hydrogens (tertiary/aromatic N) is 5. The van der Waals surface area contributed by atoms with Crippen LogP contribution >= 0.6 is 22.9 Å². The van der Waals surface area contributed by atoms with Crippen LogP contribution in [0.4, 0.5) is 20.5 Å². The molecule has 1 amide bonds. The minimum Gasteiger partial charge on any atom is -0.400 e. The minimum absolute atomic E-state index is 0.0531. The van der Waals surface area contributed by atoms with E-state index in [0.29, 0.717) is 42.6 Å². The predicted molar refractivity (Wildman–Crippen MR) is 140 cm³/mol. The second-order valence-corrected chi connectivity index (χ2v) is 12.1. The second-order valence-electron chi connectivity index (χ2n) is 10.5. The summed E-state index contributed by atoms with van der Waals surface area (Å²) >= 11 is 6.46. The number of aromatic nitrogens is 5. The van der Waals surface area contributed by atoms with Gasteiger partial charge in [0.25, 0.3) is 5.91 Å². The van der Waals surface area contributed by atoms with Gasteiger partial charge in [-0.05, 0) is 56.4 Å². The first-order valence-electron chi connectivity index (χ1n) is 13.0. The molecule has 3 aromatic heterocycles. The van der Waals surface area contributed by atoms with Crippen LogP contribution in [0.1, 0.15) is 63.8 Å². The van der Waals surface area contributed by atoms with Crippen LogP contribution < -0.4 is 15.4 Å². The molecule has 208 valence electrons. The fraction of sp³-hybridized carbons (Fsp3) is 0.560. The van der Waals surface area contributed by atoms with Crippen molar-refractivity contribution in [2.24, 2.45) is 18.9 Å². The average Bonchev–Trinajstić information content (AvgIpc) is 3.78. The maximum absolute atomic E-state index is 13.4. The van der Waals surface area contributed by atoms with Gasteiger partial charge in [0.05, 0.1) is 5.56 Å². The van der Waals surface area contributed by atoms with Gasteiger partial charge in [-0.15, -0.1) is 35.4 Å². The number of halogens is 3. The van der Waals surface area contributed by atoms with Crippen molar-refractivity contribution in [1.82, 2.24) is 29.9 Å². The van der Waals surface area contributed by atoms with Crippen molar-refractivity contribution < 1.29 is 23.1 Å². The van der Waals surface area contributed by atoms with Crippen LogP contribution in [0.15, 0.2) is 12.4 Å². The van der Waals surface area contributed by atoms with Crippen molar-refractivity contribution in [3.63, 3.8) is 0 Å². The zero-order chi connectivity index (χ0) is 27.3. The number of carbonyl (C=O) groups is 2. The third-order valence-electron chi connectivity index (χ3n) is 7.43. The molecule has 1 atom stereocenters. The number of alkyl halides is 3. The molecule has 0 radical (unpaired) electrons. The SMILES string of the molecule is Cn1nc(OC(F)(F)Cl)cc1Nc1nncn1[C@H]1CCc2sc(CC(=O)C3CC3)c(C(=O)NCC3CC3)c2C1. The summed E-state index contributed by atoms with van der Waals surface area (Å²) in [6, 6.07) is 1.24. The highest BCUT2D eigenvalue weighted by Crippen LogP contribution is 2.41. The summed E-state index contributed by atoms with van der Waals surface area (Å²) in [4.78, 5) is 28.1. The number of ketones is 1. The molecule has 0 bridgehead atoms. The summed E-state index contributed by atoms with van der Waals surface area (Å²) in [6.45, 7) is 0.661. The molecule has 14 heteroatoms. The van der Waals surface area contributed by atoms with Gasteiger partial charge in [0, 0.05) is 59.4 Å². The Bertz CT molecular complexity index is 1410. The lowest BCUT2D eigenvalue weighted by molar-refractivity contribution is -0.119. The number of anilines is 2. The van der Waals surface area contributed by atoms with Crippen LogP contribution in [0.25, 0.3) is 0 Å². The van der Waals surface area contributed by atoms with Crippen molar-refractivity contribution in [2.45, 2.75) is 63.0 Å². The summed E-state index contributed by atoms with van der Waals surface area (Å²) in [7, 11) is 1.57. The fourth-order valence-corrected chi connectivity index (χ4v) is 6.48. The first kappa shape index (κ1) is 26.2. The van der Waals surface area contributed by atoms with Crippen LogP contribution in [0, 0.1) is 11.8 Å². The highest BCUT2D eigenvalue weighted by atomic mass is 35.5. The third-order valence-corrected chi connectivity index (χ3v) is 8.80. The van der Waals surface area contributed by atoms with E-state index in [4.69, 9.17) is 11.6 Å². The Labute approximate surface area is 232 Å². The Kier molecular flexibility index (Phi) is 6.82. The number of rotatable bonds is 11. The van der Waals surface area contributed by atoms with Crippen molar-refractivity contribution >= 4 is 46.4 Å². The number of carbonyl (C=O) groups excluding carboxylic acids is 2. The molecule has 2 saturated carbocycles. The highest BCUT2D eigenvalue weighted by molar-refractivity contribution is 7.12. The number of hydrogen-bond donors (Lipinski definition) is 2. The van der Waals surface area contributed by atoms with E-state index in [1.165, 1.54) is 10.7 Å². The maximum Gasteiger partial charge on any atom is 0.488 e. The van der Waals surface area contributed by atoms with Gasteiger partial charge in [0.2, 0.25) is 11.8 Å². The molecule has 3 aliphatic carbocycles. The molecule has 10 nitrogen and oxygen atoms in total. The molecular weight excluding hydrogens is 552 g/mol. The lowest BCUT2D eigenvalue weighted by Gasteiger charge is -2.25. The molecule has 6 rings (SSSR count). The molecule has 3 heterocycles. The number of aryl methyl sites for hydroxylation is 2. The Morgan fingerprint density at radius 2 is 2.05 bits per heavy atom. The topological polar surface area (TPSA) is 116 Å². The Balaban J connectivity index is 1.24. The smallest absolute Gasteiger partial charge is 0.400 e. The number of hydrogen-bond acceptors (Lipinski definition) is 8. The van der Waals surface area contributed by atoms with Crippen molar-refractivity contribution in [2.75, 3.05) is 11.9 Å². The minimum atomic E-state index is -3.88. The molecule has 39 heavy (non-hydrogen) atoms. The highest BCUT2D eigenvalue weighted by Gasteiger charge is 2.35. The standard InChI is InChI=1S/C25H28ClF2N7O3S/c1-34-20(10-21(33-34)38-25(26,27)28)31-24-32-30-12-35(24)15-6-7-18-16(8-15)22(23(37)29-11-13-2-3-13)19(39-18)9-17(36)14-4-5-14/h10,12-15H,2-9,11H2,1H3,(H,29,37)(H,31,32)/t15-/m0/s1. The van der Waals surface area contributed by atoms with Crippen LogP contribution in [-0.2, 0) is 31.1 Å². The van der Waals surface area contributed by atoms with Crippen molar-refractivity contribution in [3.8, 4) is 5.88 Å². The van der Waals surface area contributed by atoms with E-state index in [0.717, 1.165) is 53.8 Å². The summed E-state index contributed by atoms with van der Waals surface area (Å²) in [5.41, 5.74) is -2.23. The zero-order valence-corrected chi connectivity index (χ0v) is 22.8. The monoisotopic (exact) mass is 579 g/mol. The molecule has 2 N–H and O–H groups in total. The van der Waals surface area contributed by atoms with Crippen LogP contribution in [0.3, 0.4) is 0 Å². The molecule has 2 fully saturated rings. The normalized spacial score (nSPS) is 19.0. The Hall–Kier alpha value is -3.06. The number of nitrogens with one attached hydrogen (secondary N) is 2. The number of ether oxygens (including phenoxy) is 1. The molecule has 0 saturated heterocycles.